The van der Waals surface area contributed by atoms with Crippen molar-refractivity contribution < 1.29 is 4.79 Å². The number of likely N-dealkylation sites (tertiary alicyclic amines) is 1. The molecule has 22 heavy (non-hydrogen) atoms. The van der Waals surface area contributed by atoms with Gasteiger partial charge in [-0.15, -0.1) is 10.2 Å². The first kappa shape index (κ1) is 13.5. The summed E-state index contributed by atoms with van der Waals surface area (Å²) in [6, 6.07) is 9.45. The van der Waals surface area contributed by atoms with Gasteiger partial charge in [0.25, 0.3) is 5.91 Å². The van der Waals surface area contributed by atoms with Crippen LogP contribution in [0.15, 0.2) is 30.3 Å². The molecule has 0 aliphatic carbocycles. The lowest BCUT2D eigenvalue weighted by molar-refractivity contribution is 0.100. The number of amides is 1. The number of benzene rings is 1. The Labute approximate surface area is 129 Å². The van der Waals surface area contributed by atoms with Crippen molar-refractivity contribution in [2.45, 2.75) is 13.0 Å². The van der Waals surface area contributed by atoms with E-state index in [-0.39, 0.29) is 5.91 Å². The molecule has 4 rings (SSSR count). The molecule has 2 aromatic rings. The largest absolute Gasteiger partial charge is 0.319 e. The highest BCUT2D eigenvalue weighted by Crippen LogP contribution is 2.31. The fourth-order valence-electron chi connectivity index (χ4n) is 3.64. The molecule has 1 saturated heterocycles. The van der Waals surface area contributed by atoms with Crippen molar-refractivity contribution in [3.05, 3.63) is 42.0 Å². The van der Waals surface area contributed by atoms with E-state index in [2.05, 4.69) is 27.5 Å². The van der Waals surface area contributed by atoms with Gasteiger partial charge in [-0.25, -0.2) is 0 Å². The molecule has 0 unspecified atom stereocenters. The van der Waals surface area contributed by atoms with Crippen LogP contribution >= 0.6 is 0 Å². The van der Waals surface area contributed by atoms with Crippen molar-refractivity contribution in [3.8, 4) is 0 Å². The number of nitrogens with zero attached hydrogens (tertiary/aromatic N) is 4. The normalized spacial score (nSPS) is 23.9. The number of carbonyl (C=O) groups is 1. The second-order valence-corrected chi connectivity index (χ2v) is 6.32. The van der Waals surface area contributed by atoms with E-state index in [4.69, 9.17) is 0 Å². The molecule has 6 nitrogen and oxygen atoms in total. The minimum absolute atomic E-state index is 0.185. The van der Waals surface area contributed by atoms with Crippen molar-refractivity contribution in [2.24, 2.45) is 11.8 Å². The van der Waals surface area contributed by atoms with Crippen LogP contribution in [-0.2, 0) is 13.0 Å². The summed E-state index contributed by atoms with van der Waals surface area (Å²) >= 11 is 0. The Bertz CT molecular complexity index is 696. The lowest BCUT2D eigenvalue weighted by Gasteiger charge is -2.25. The van der Waals surface area contributed by atoms with Gasteiger partial charge in [-0.3, -0.25) is 4.79 Å². The number of hydrogen-bond donors (Lipinski definition) is 1. The summed E-state index contributed by atoms with van der Waals surface area (Å²) in [7, 11) is 2.16. The minimum atomic E-state index is -0.185. The molecular formula is C16H19N5O. The van der Waals surface area contributed by atoms with Crippen molar-refractivity contribution >= 4 is 11.6 Å². The van der Waals surface area contributed by atoms with Crippen LogP contribution in [0.2, 0.25) is 0 Å². The number of anilines is 1. The third-order valence-corrected chi connectivity index (χ3v) is 4.68. The average Bonchev–Trinajstić information content (AvgIpc) is 3.07. The Kier molecular flexibility index (Phi) is 3.18. The van der Waals surface area contributed by atoms with Crippen molar-refractivity contribution in [3.63, 3.8) is 0 Å². The van der Waals surface area contributed by atoms with Gasteiger partial charge < -0.3 is 14.8 Å². The van der Waals surface area contributed by atoms with E-state index in [1.54, 1.807) is 0 Å². The maximum Gasteiger partial charge on any atom is 0.293 e. The smallest absolute Gasteiger partial charge is 0.293 e. The van der Waals surface area contributed by atoms with Gasteiger partial charge >= 0.3 is 0 Å². The number of para-hydroxylation sites is 1. The predicted octanol–water partition coefficient (Wildman–Crippen LogP) is 1.26. The summed E-state index contributed by atoms with van der Waals surface area (Å²) in [6.45, 7) is 3.04. The highest BCUT2D eigenvalue weighted by atomic mass is 16.2. The maximum absolute atomic E-state index is 12.5. The monoisotopic (exact) mass is 297 g/mol. The van der Waals surface area contributed by atoms with Crippen LogP contribution in [0.3, 0.4) is 0 Å². The van der Waals surface area contributed by atoms with E-state index in [9.17, 15) is 4.79 Å². The van der Waals surface area contributed by atoms with Gasteiger partial charge in [0, 0.05) is 31.7 Å². The molecule has 0 bridgehead atoms. The van der Waals surface area contributed by atoms with Gasteiger partial charge in [0.1, 0.15) is 5.82 Å². The first-order valence-corrected chi connectivity index (χ1v) is 7.68. The number of fused-ring (bicyclic) bond motifs is 2. The second-order valence-electron chi connectivity index (χ2n) is 6.32. The number of aromatic nitrogens is 3. The fourth-order valence-corrected chi connectivity index (χ4v) is 3.64. The van der Waals surface area contributed by atoms with Gasteiger partial charge in [0.15, 0.2) is 0 Å². The van der Waals surface area contributed by atoms with Crippen molar-refractivity contribution in [1.82, 2.24) is 19.7 Å². The van der Waals surface area contributed by atoms with Crippen LogP contribution in [0.5, 0.6) is 0 Å². The molecule has 114 valence electrons. The highest BCUT2D eigenvalue weighted by Gasteiger charge is 2.37. The molecule has 2 aliphatic heterocycles. The summed E-state index contributed by atoms with van der Waals surface area (Å²) in [4.78, 5) is 14.8. The number of carbonyl (C=O) groups excluding carboxylic acids is 1. The molecule has 1 aromatic carbocycles. The molecule has 6 heteroatoms. The topological polar surface area (TPSA) is 63.1 Å². The number of rotatable bonds is 2. The van der Waals surface area contributed by atoms with Crippen LogP contribution in [0.4, 0.5) is 5.69 Å². The second kappa shape index (κ2) is 5.21. The Hall–Kier alpha value is -2.21. The summed E-state index contributed by atoms with van der Waals surface area (Å²) in [5.74, 6) is 2.42. The molecule has 1 fully saturated rings. The molecule has 2 aliphatic rings. The summed E-state index contributed by atoms with van der Waals surface area (Å²) in [5, 5.41) is 11.3. The molecular weight excluding hydrogens is 278 g/mol. The molecule has 0 radical (unpaired) electrons. The zero-order valence-electron chi connectivity index (χ0n) is 12.6. The molecule has 2 atom stereocenters. The van der Waals surface area contributed by atoms with Gasteiger partial charge in [-0.2, -0.15) is 0 Å². The SMILES string of the molecule is CN1C[C@H]2Cc3nnc(C(=O)Nc4ccccc4)n3C[C@@H]2C1. The fraction of sp³-hybridized carbons (Fsp3) is 0.438. The standard InChI is InChI=1S/C16H19N5O/c1-20-8-11-7-14-18-19-15(21(14)10-12(11)9-20)16(22)17-13-5-3-2-4-6-13/h2-6,11-12H,7-10H2,1H3,(H,17,22)/t11-,12+/m1/s1. The Morgan fingerprint density at radius 2 is 1.91 bits per heavy atom. The van der Waals surface area contributed by atoms with E-state index >= 15 is 0 Å². The van der Waals surface area contributed by atoms with E-state index in [1.165, 1.54) is 0 Å². The first-order chi connectivity index (χ1) is 10.7. The van der Waals surface area contributed by atoms with Crippen LogP contribution < -0.4 is 5.32 Å². The van der Waals surface area contributed by atoms with E-state index in [1.807, 2.05) is 34.9 Å². The first-order valence-electron chi connectivity index (χ1n) is 7.68. The zero-order chi connectivity index (χ0) is 15.1. The Morgan fingerprint density at radius 3 is 2.73 bits per heavy atom. The van der Waals surface area contributed by atoms with Crippen molar-refractivity contribution in [1.29, 1.82) is 0 Å². The van der Waals surface area contributed by atoms with Crippen LogP contribution in [0.25, 0.3) is 0 Å². The quantitative estimate of drug-likeness (QED) is 0.906. The zero-order valence-corrected chi connectivity index (χ0v) is 12.6. The van der Waals surface area contributed by atoms with E-state index in [0.29, 0.717) is 17.7 Å². The van der Waals surface area contributed by atoms with Gasteiger partial charge in [-0.1, -0.05) is 18.2 Å². The average molecular weight is 297 g/mol. The van der Waals surface area contributed by atoms with E-state index in [0.717, 1.165) is 37.6 Å². The molecule has 1 N–H and O–H groups in total. The highest BCUT2D eigenvalue weighted by molar-refractivity contribution is 6.01. The summed E-state index contributed by atoms with van der Waals surface area (Å²) in [5.41, 5.74) is 0.777. The van der Waals surface area contributed by atoms with Crippen LogP contribution in [0, 0.1) is 11.8 Å². The molecule has 3 heterocycles. The van der Waals surface area contributed by atoms with E-state index < -0.39 is 0 Å². The Morgan fingerprint density at radius 1 is 1.14 bits per heavy atom. The van der Waals surface area contributed by atoms with Crippen LogP contribution in [0.1, 0.15) is 16.4 Å². The molecule has 1 aromatic heterocycles. The molecule has 0 saturated carbocycles. The van der Waals surface area contributed by atoms with Gasteiger partial charge in [0.05, 0.1) is 0 Å². The maximum atomic E-state index is 12.5. The lowest BCUT2D eigenvalue weighted by Crippen LogP contribution is -2.31. The number of hydrogen-bond acceptors (Lipinski definition) is 4. The van der Waals surface area contributed by atoms with Crippen molar-refractivity contribution in [2.75, 3.05) is 25.5 Å². The van der Waals surface area contributed by atoms with Gasteiger partial charge in [-0.05, 0) is 31.0 Å². The third-order valence-electron chi connectivity index (χ3n) is 4.68. The molecule has 1 amide bonds. The number of nitrogens with one attached hydrogen (secondary N) is 1. The summed E-state index contributed by atoms with van der Waals surface area (Å²) in [6.07, 6.45) is 0.917. The van der Waals surface area contributed by atoms with Gasteiger partial charge in [0.2, 0.25) is 5.82 Å². The minimum Gasteiger partial charge on any atom is -0.319 e. The lowest BCUT2D eigenvalue weighted by atomic mass is 9.89. The van der Waals surface area contributed by atoms with Crippen LogP contribution in [-0.4, -0.2) is 45.7 Å². The summed E-state index contributed by atoms with van der Waals surface area (Å²) < 4.78 is 2.00. The Balaban J connectivity index is 1.56. The predicted molar refractivity (Wildman–Crippen MR) is 82.6 cm³/mol. The third kappa shape index (κ3) is 2.29. The molecule has 0 spiro atoms.